The van der Waals surface area contributed by atoms with Crippen molar-refractivity contribution >= 4 is 22.6 Å². The van der Waals surface area contributed by atoms with Crippen molar-refractivity contribution in [1.82, 2.24) is 30.3 Å². The number of nitrogens with zero attached hydrogens (tertiary/aromatic N) is 4. The number of aromatic amines is 1. The van der Waals surface area contributed by atoms with E-state index >= 15 is 0 Å². The first kappa shape index (κ1) is 19.5. The fourth-order valence-corrected chi connectivity index (χ4v) is 3.79. The molecule has 31 heavy (non-hydrogen) atoms. The van der Waals surface area contributed by atoms with E-state index in [1.807, 2.05) is 66.7 Å². The summed E-state index contributed by atoms with van der Waals surface area (Å²) >= 11 is 6.13. The molecule has 0 aliphatic heterocycles. The van der Waals surface area contributed by atoms with Crippen LogP contribution < -0.4 is 5.32 Å². The quantitative estimate of drug-likeness (QED) is 0.390. The Labute approximate surface area is 184 Å². The summed E-state index contributed by atoms with van der Waals surface area (Å²) in [5.41, 5.74) is 5.88. The maximum atomic E-state index is 6.13. The predicted octanol–water partition coefficient (Wildman–Crippen LogP) is 4.81. The van der Waals surface area contributed by atoms with Crippen LogP contribution in [-0.4, -0.2) is 25.0 Å². The van der Waals surface area contributed by atoms with Crippen LogP contribution in [0.3, 0.4) is 0 Å². The number of H-pyrrole nitrogens is 1. The monoisotopic (exact) mass is 428 g/mol. The van der Waals surface area contributed by atoms with Crippen molar-refractivity contribution in [3.63, 3.8) is 0 Å². The highest BCUT2D eigenvalue weighted by Gasteiger charge is 2.14. The first-order chi connectivity index (χ1) is 15.2. The van der Waals surface area contributed by atoms with Gasteiger partial charge in [-0.05, 0) is 29.8 Å². The van der Waals surface area contributed by atoms with E-state index in [1.54, 1.807) is 4.80 Å². The third kappa shape index (κ3) is 4.50. The lowest BCUT2D eigenvalue weighted by molar-refractivity contribution is 0.575. The van der Waals surface area contributed by atoms with Crippen LogP contribution in [0, 0.1) is 0 Å². The number of hydrogen-bond acceptors (Lipinski definition) is 4. The summed E-state index contributed by atoms with van der Waals surface area (Å²) in [7, 11) is 0. The van der Waals surface area contributed by atoms with Crippen LogP contribution in [0.5, 0.6) is 0 Å². The number of nitrogens with one attached hydrogen (secondary N) is 2. The summed E-state index contributed by atoms with van der Waals surface area (Å²) in [5.74, 6) is 0.897. The number of rotatable bonds is 7. The van der Waals surface area contributed by atoms with Crippen LogP contribution in [0.1, 0.15) is 17.1 Å². The highest BCUT2D eigenvalue weighted by atomic mass is 35.5. The third-order valence-corrected chi connectivity index (χ3v) is 5.24. The zero-order valence-corrected chi connectivity index (χ0v) is 17.5. The van der Waals surface area contributed by atoms with Crippen LogP contribution in [0.2, 0.25) is 5.02 Å². The first-order valence-corrected chi connectivity index (χ1v) is 10.5. The number of para-hydroxylation sites is 2. The van der Waals surface area contributed by atoms with Gasteiger partial charge in [-0.1, -0.05) is 66.2 Å². The van der Waals surface area contributed by atoms with E-state index < -0.39 is 0 Å². The molecule has 0 aliphatic rings. The van der Waals surface area contributed by atoms with Gasteiger partial charge in [0.15, 0.2) is 0 Å². The average molecular weight is 429 g/mol. The zero-order valence-electron chi connectivity index (χ0n) is 16.8. The van der Waals surface area contributed by atoms with Crippen LogP contribution in [-0.2, 0) is 19.6 Å². The fraction of sp³-hybridized carbons (Fsp3) is 0.125. The summed E-state index contributed by atoms with van der Waals surface area (Å²) in [6, 6.07) is 25.9. The van der Waals surface area contributed by atoms with Crippen molar-refractivity contribution < 1.29 is 0 Å². The smallest absolute Gasteiger partial charge is 0.121 e. The lowest BCUT2D eigenvalue weighted by Gasteiger charge is -2.02. The zero-order chi connectivity index (χ0) is 21.0. The topological polar surface area (TPSA) is 71.4 Å². The van der Waals surface area contributed by atoms with Gasteiger partial charge in [0, 0.05) is 17.1 Å². The Morgan fingerprint density at radius 2 is 1.71 bits per heavy atom. The van der Waals surface area contributed by atoms with Gasteiger partial charge in [0.05, 0.1) is 24.1 Å². The summed E-state index contributed by atoms with van der Waals surface area (Å²) in [4.78, 5) is 9.69. The Hall–Kier alpha value is -3.48. The SMILES string of the molecule is Clc1cccc(Cn2nc(CNCc3nc4ccccc4[nH]3)c(-c3ccccc3)n2)c1. The van der Waals surface area contributed by atoms with Crippen molar-refractivity contribution in [3.05, 3.63) is 101 Å². The Kier molecular flexibility index (Phi) is 5.48. The third-order valence-electron chi connectivity index (χ3n) is 5.01. The molecular weight excluding hydrogens is 408 g/mol. The van der Waals surface area contributed by atoms with E-state index in [0.717, 1.165) is 39.4 Å². The fourth-order valence-electron chi connectivity index (χ4n) is 3.58. The molecule has 0 amide bonds. The standard InChI is InChI=1S/C24H21ClN6/c25-19-10-6-7-17(13-19)16-31-29-22(24(30-31)18-8-2-1-3-9-18)14-26-15-23-27-20-11-4-5-12-21(20)28-23/h1-13,26H,14-16H2,(H,27,28). The number of hydrogen-bond donors (Lipinski definition) is 2. The molecule has 0 saturated carbocycles. The molecule has 0 spiro atoms. The van der Waals surface area contributed by atoms with Gasteiger partial charge >= 0.3 is 0 Å². The molecule has 5 aromatic rings. The van der Waals surface area contributed by atoms with E-state index in [9.17, 15) is 0 Å². The van der Waals surface area contributed by atoms with Gasteiger partial charge in [0.1, 0.15) is 17.2 Å². The second-order valence-electron chi connectivity index (χ2n) is 7.33. The van der Waals surface area contributed by atoms with Gasteiger partial charge in [0.25, 0.3) is 0 Å². The van der Waals surface area contributed by atoms with E-state index in [0.29, 0.717) is 24.7 Å². The molecule has 0 aliphatic carbocycles. The minimum Gasteiger partial charge on any atom is -0.341 e. The minimum atomic E-state index is 0.559. The number of imidazole rings is 1. The highest BCUT2D eigenvalue weighted by Crippen LogP contribution is 2.21. The molecule has 6 nitrogen and oxygen atoms in total. The van der Waals surface area contributed by atoms with Gasteiger partial charge < -0.3 is 10.3 Å². The molecule has 0 radical (unpaired) electrons. The second kappa shape index (κ2) is 8.71. The van der Waals surface area contributed by atoms with Crippen LogP contribution in [0.4, 0.5) is 0 Å². The van der Waals surface area contributed by atoms with E-state index in [-0.39, 0.29) is 0 Å². The average Bonchev–Trinajstić information content (AvgIpc) is 3.38. The summed E-state index contributed by atoms with van der Waals surface area (Å²) in [6.07, 6.45) is 0. The lowest BCUT2D eigenvalue weighted by Crippen LogP contribution is -2.15. The molecule has 0 bridgehead atoms. The number of aromatic nitrogens is 5. The molecule has 7 heteroatoms. The molecule has 0 atom stereocenters. The van der Waals surface area contributed by atoms with E-state index in [2.05, 4.69) is 27.4 Å². The molecule has 0 unspecified atom stereocenters. The van der Waals surface area contributed by atoms with Gasteiger partial charge in [-0.3, -0.25) is 0 Å². The largest absolute Gasteiger partial charge is 0.341 e. The molecule has 5 rings (SSSR count). The van der Waals surface area contributed by atoms with Crippen molar-refractivity contribution in [1.29, 1.82) is 0 Å². The van der Waals surface area contributed by atoms with E-state index in [1.165, 1.54) is 0 Å². The Morgan fingerprint density at radius 3 is 2.55 bits per heavy atom. The molecule has 0 fully saturated rings. The van der Waals surface area contributed by atoms with Gasteiger partial charge in [0.2, 0.25) is 0 Å². The highest BCUT2D eigenvalue weighted by molar-refractivity contribution is 6.30. The lowest BCUT2D eigenvalue weighted by atomic mass is 10.1. The maximum Gasteiger partial charge on any atom is 0.121 e. The molecule has 2 heterocycles. The van der Waals surface area contributed by atoms with Crippen molar-refractivity contribution in [2.45, 2.75) is 19.6 Å². The maximum absolute atomic E-state index is 6.13. The molecular formula is C24H21ClN6. The first-order valence-electron chi connectivity index (χ1n) is 10.1. The minimum absolute atomic E-state index is 0.559. The Bertz CT molecular complexity index is 1280. The van der Waals surface area contributed by atoms with Crippen LogP contribution in [0.15, 0.2) is 78.9 Å². The molecule has 3 aromatic carbocycles. The van der Waals surface area contributed by atoms with Gasteiger partial charge in [-0.15, -0.1) is 0 Å². The molecule has 2 aromatic heterocycles. The van der Waals surface area contributed by atoms with E-state index in [4.69, 9.17) is 21.8 Å². The van der Waals surface area contributed by atoms with Crippen LogP contribution >= 0.6 is 11.6 Å². The Balaban J connectivity index is 1.36. The van der Waals surface area contributed by atoms with Crippen molar-refractivity contribution in [3.8, 4) is 11.3 Å². The predicted molar refractivity (Wildman–Crippen MR) is 123 cm³/mol. The van der Waals surface area contributed by atoms with Crippen molar-refractivity contribution in [2.75, 3.05) is 0 Å². The second-order valence-corrected chi connectivity index (χ2v) is 7.76. The molecule has 154 valence electrons. The summed E-state index contributed by atoms with van der Waals surface area (Å²) in [5, 5.41) is 13.7. The van der Waals surface area contributed by atoms with Crippen LogP contribution in [0.25, 0.3) is 22.3 Å². The van der Waals surface area contributed by atoms with Crippen molar-refractivity contribution in [2.24, 2.45) is 0 Å². The number of fused-ring (bicyclic) bond motifs is 1. The number of benzene rings is 3. The number of halogens is 1. The summed E-state index contributed by atoms with van der Waals surface area (Å²) < 4.78 is 0. The van der Waals surface area contributed by atoms with Gasteiger partial charge in [-0.2, -0.15) is 15.0 Å². The van der Waals surface area contributed by atoms with Gasteiger partial charge in [-0.25, -0.2) is 4.98 Å². The normalized spacial score (nSPS) is 11.3. The molecule has 2 N–H and O–H groups in total. The molecule has 0 saturated heterocycles. The Morgan fingerprint density at radius 1 is 0.871 bits per heavy atom. The summed E-state index contributed by atoms with van der Waals surface area (Å²) in [6.45, 7) is 1.75.